The van der Waals surface area contributed by atoms with E-state index in [-0.39, 0.29) is 16.9 Å². The number of nitrogens with zero attached hydrogens (tertiary/aromatic N) is 1. The molecule has 0 unspecified atom stereocenters. The lowest BCUT2D eigenvalue weighted by Gasteiger charge is -2.32. The number of carboxylic acid groups (broad SMARTS) is 1. The molecule has 1 N–H and O–H groups in total. The molecule has 0 atom stereocenters. The summed E-state index contributed by atoms with van der Waals surface area (Å²) in [5.41, 5.74) is 0.698. The Hall–Kier alpha value is -1.66. The lowest BCUT2D eigenvalue weighted by Crippen LogP contribution is -2.41. The molecule has 0 bridgehead atoms. The van der Waals surface area contributed by atoms with Gasteiger partial charge in [-0.05, 0) is 51.8 Å². The van der Waals surface area contributed by atoms with Gasteiger partial charge in [-0.1, -0.05) is 12.1 Å². The molecule has 2 rings (SSSR count). The van der Waals surface area contributed by atoms with Crippen LogP contribution in [-0.2, 0) is 9.31 Å². The molecular weight excluding hydrogens is 269 g/mol. The van der Waals surface area contributed by atoms with Gasteiger partial charge < -0.3 is 14.4 Å². The maximum Gasteiger partial charge on any atom is 0.487 e. The Labute approximate surface area is 125 Å². The molecule has 0 radical (unpaired) electrons. The van der Waals surface area contributed by atoms with Gasteiger partial charge in [0.2, 0.25) is 0 Å². The van der Waals surface area contributed by atoms with Crippen LogP contribution in [0.4, 0.5) is 0 Å². The average molecular weight is 289 g/mol. The van der Waals surface area contributed by atoms with E-state index in [4.69, 9.17) is 14.4 Å². The third kappa shape index (κ3) is 3.01. The third-order valence-electron chi connectivity index (χ3n) is 4.15. The lowest BCUT2D eigenvalue weighted by atomic mass is 9.88. The van der Waals surface area contributed by atoms with E-state index in [1.807, 2.05) is 33.8 Å². The molecule has 1 aliphatic heterocycles. The van der Waals surface area contributed by atoms with Crippen LogP contribution < -0.4 is 0 Å². The molecule has 1 fully saturated rings. The lowest BCUT2D eigenvalue weighted by molar-refractivity contribution is 0.00578. The zero-order valence-corrected chi connectivity index (χ0v) is 13.0. The van der Waals surface area contributed by atoms with Gasteiger partial charge in [-0.3, -0.25) is 0 Å². The van der Waals surface area contributed by atoms with Crippen molar-refractivity contribution >= 4 is 19.2 Å². The Kier molecular flexibility index (Phi) is 3.95. The molecule has 0 aromatic carbocycles. The Morgan fingerprint density at radius 1 is 1.29 bits per heavy atom. The van der Waals surface area contributed by atoms with Crippen LogP contribution >= 0.6 is 0 Å². The fourth-order valence-corrected chi connectivity index (χ4v) is 2.10. The first kappa shape index (κ1) is 15.7. The predicted octanol–water partition coefficient (Wildman–Crippen LogP) is 2.73. The molecule has 0 spiro atoms. The molecule has 0 aliphatic carbocycles. The van der Waals surface area contributed by atoms with E-state index in [1.54, 1.807) is 19.0 Å². The van der Waals surface area contributed by atoms with E-state index in [1.165, 1.54) is 6.20 Å². The van der Waals surface area contributed by atoms with Gasteiger partial charge in [0.05, 0.1) is 11.2 Å². The predicted molar refractivity (Wildman–Crippen MR) is 81.0 cm³/mol. The summed E-state index contributed by atoms with van der Waals surface area (Å²) in [6.45, 7) is 9.69. The first-order valence-electron chi connectivity index (χ1n) is 6.87. The second-order valence-corrected chi connectivity index (χ2v) is 6.16. The average Bonchev–Trinajstić information content (AvgIpc) is 2.56. The molecule has 0 amide bonds. The van der Waals surface area contributed by atoms with Crippen LogP contribution in [0.1, 0.15) is 49.3 Å². The topological polar surface area (TPSA) is 68.7 Å². The zero-order chi connectivity index (χ0) is 15.8. The number of hydrogen-bond donors (Lipinski definition) is 1. The first-order valence-corrected chi connectivity index (χ1v) is 6.87. The molecule has 1 saturated heterocycles. The second-order valence-electron chi connectivity index (χ2n) is 6.16. The van der Waals surface area contributed by atoms with Crippen LogP contribution in [0.15, 0.2) is 18.2 Å². The number of pyridine rings is 1. The van der Waals surface area contributed by atoms with Crippen LogP contribution in [-0.4, -0.2) is 34.4 Å². The van der Waals surface area contributed by atoms with Crippen molar-refractivity contribution in [3.63, 3.8) is 0 Å². The Morgan fingerprint density at radius 3 is 2.38 bits per heavy atom. The van der Waals surface area contributed by atoms with Crippen molar-refractivity contribution in [2.75, 3.05) is 0 Å². The summed E-state index contributed by atoms with van der Waals surface area (Å²) in [7, 11) is -0.448. The highest BCUT2D eigenvalue weighted by atomic mass is 16.7. The van der Waals surface area contributed by atoms with E-state index in [0.29, 0.717) is 5.56 Å². The number of carbonyl (C=O) groups is 1. The van der Waals surface area contributed by atoms with Gasteiger partial charge in [0.25, 0.3) is 0 Å². The molecule has 21 heavy (non-hydrogen) atoms. The minimum absolute atomic E-state index is 0.0612. The van der Waals surface area contributed by atoms with Gasteiger partial charge in [0.1, 0.15) is 0 Å². The minimum atomic E-state index is -1.03. The number of aromatic nitrogens is 1. The summed E-state index contributed by atoms with van der Waals surface area (Å²) >= 11 is 0. The van der Waals surface area contributed by atoms with Crippen molar-refractivity contribution in [3.05, 3.63) is 35.1 Å². The van der Waals surface area contributed by atoms with Crippen molar-refractivity contribution in [1.82, 2.24) is 4.98 Å². The molecular formula is C15H20BNO4. The van der Waals surface area contributed by atoms with Crippen molar-refractivity contribution in [2.45, 2.75) is 45.8 Å². The summed E-state index contributed by atoms with van der Waals surface area (Å²) in [6, 6.07) is 1.77. The molecule has 0 saturated carbocycles. The van der Waals surface area contributed by atoms with E-state index < -0.39 is 13.1 Å². The summed E-state index contributed by atoms with van der Waals surface area (Å²) in [5.74, 6) is 0.767. The highest BCUT2D eigenvalue weighted by Crippen LogP contribution is 2.37. The van der Waals surface area contributed by atoms with Gasteiger partial charge in [-0.15, -0.1) is 0 Å². The van der Waals surface area contributed by atoms with Crippen molar-refractivity contribution < 1.29 is 19.2 Å². The first-order chi connectivity index (χ1) is 9.64. The summed E-state index contributed by atoms with van der Waals surface area (Å²) < 4.78 is 11.7. The van der Waals surface area contributed by atoms with Crippen molar-refractivity contribution in [2.24, 2.45) is 0 Å². The summed E-state index contributed by atoms with van der Waals surface area (Å²) in [6.07, 6.45) is 3.30. The highest BCUT2D eigenvalue weighted by molar-refractivity contribution is 6.52. The molecule has 112 valence electrons. The van der Waals surface area contributed by atoms with E-state index in [9.17, 15) is 4.79 Å². The van der Waals surface area contributed by atoms with Crippen molar-refractivity contribution in [1.29, 1.82) is 0 Å². The monoisotopic (exact) mass is 289 g/mol. The fourth-order valence-electron chi connectivity index (χ4n) is 2.10. The third-order valence-corrected chi connectivity index (χ3v) is 4.15. The molecule has 2 heterocycles. The highest BCUT2D eigenvalue weighted by Gasteiger charge is 2.49. The van der Waals surface area contributed by atoms with Crippen molar-refractivity contribution in [3.8, 4) is 0 Å². The van der Waals surface area contributed by atoms with Crippen LogP contribution in [0.5, 0.6) is 0 Å². The summed E-state index contributed by atoms with van der Waals surface area (Å²) in [4.78, 5) is 14.9. The van der Waals surface area contributed by atoms with Crippen LogP contribution in [0, 0.1) is 6.92 Å². The number of hydrogen-bond acceptors (Lipinski definition) is 4. The quantitative estimate of drug-likeness (QED) is 0.866. The minimum Gasteiger partial charge on any atom is -0.477 e. The van der Waals surface area contributed by atoms with Gasteiger partial charge in [-0.25, -0.2) is 9.78 Å². The van der Waals surface area contributed by atoms with Gasteiger partial charge >= 0.3 is 13.1 Å². The SMILES string of the molecule is Cc1c(/C=C/B2OC(C)(C)C(C)(C)O2)ccnc1C(=O)O. The standard InChI is InChI=1S/C15H20BNO4/c1-10-11(7-9-17-12(10)13(18)19)6-8-16-20-14(2,3)15(4,5)21-16/h6-9H,1-5H3,(H,18,19)/b8-6+. The second kappa shape index (κ2) is 5.28. The van der Waals surface area contributed by atoms with E-state index >= 15 is 0 Å². The molecule has 1 aromatic rings. The Balaban J connectivity index is 2.20. The summed E-state index contributed by atoms with van der Waals surface area (Å²) in [5, 5.41) is 9.07. The number of rotatable bonds is 3. The normalized spacial score (nSPS) is 20.1. The van der Waals surface area contributed by atoms with Gasteiger partial charge in [-0.2, -0.15) is 0 Å². The maximum absolute atomic E-state index is 11.1. The van der Waals surface area contributed by atoms with E-state index in [2.05, 4.69) is 4.98 Å². The molecule has 5 nitrogen and oxygen atoms in total. The van der Waals surface area contributed by atoms with E-state index in [0.717, 1.165) is 5.56 Å². The van der Waals surface area contributed by atoms with Crippen LogP contribution in [0.2, 0.25) is 0 Å². The Bertz CT molecular complexity index is 579. The van der Waals surface area contributed by atoms with Gasteiger partial charge in [0, 0.05) is 6.20 Å². The Morgan fingerprint density at radius 2 is 1.86 bits per heavy atom. The van der Waals surface area contributed by atoms with Crippen LogP contribution in [0.3, 0.4) is 0 Å². The smallest absolute Gasteiger partial charge is 0.477 e. The molecule has 1 aliphatic rings. The van der Waals surface area contributed by atoms with Crippen LogP contribution in [0.25, 0.3) is 6.08 Å². The molecule has 1 aromatic heterocycles. The maximum atomic E-state index is 11.1. The van der Waals surface area contributed by atoms with Gasteiger partial charge in [0.15, 0.2) is 5.69 Å². The largest absolute Gasteiger partial charge is 0.487 e. The molecule has 6 heteroatoms. The number of carboxylic acids is 1. The fraction of sp³-hybridized carbons (Fsp3) is 0.467. The number of aromatic carboxylic acids is 1. The zero-order valence-electron chi connectivity index (χ0n) is 13.0.